The fourth-order valence-corrected chi connectivity index (χ4v) is 2.57. The van der Waals surface area contributed by atoms with Gasteiger partial charge in [-0.15, -0.1) is 0 Å². The van der Waals surface area contributed by atoms with Gasteiger partial charge in [0.05, 0.1) is 0 Å². The highest BCUT2D eigenvalue weighted by Gasteiger charge is 2.21. The van der Waals surface area contributed by atoms with E-state index in [0.717, 1.165) is 45.0 Å². The highest BCUT2D eigenvalue weighted by Crippen LogP contribution is 2.16. The van der Waals surface area contributed by atoms with E-state index < -0.39 is 0 Å². The lowest BCUT2D eigenvalue weighted by atomic mass is 10.1. The molecule has 5 heteroatoms. The summed E-state index contributed by atoms with van der Waals surface area (Å²) in [5, 5.41) is 6.24. The maximum absolute atomic E-state index is 10.8. The molecule has 1 aromatic heterocycles. The smallest absolute Gasteiger partial charge is 0.216 e. The van der Waals surface area contributed by atoms with E-state index in [1.807, 2.05) is 24.4 Å². The number of carbonyl (C=O) groups is 1. The van der Waals surface area contributed by atoms with Crippen molar-refractivity contribution < 1.29 is 4.79 Å². The maximum Gasteiger partial charge on any atom is 0.216 e. The Morgan fingerprint density at radius 3 is 3.15 bits per heavy atom. The maximum atomic E-state index is 10.8. The largest absolute Gasteiger partial charge is 0.370 e. The first-order valence-electron chi connectivity index (χ1n) is 7.36. The highest BCUT2D eigenvalue weighted by molar-refractivity contribution is 5.72. The number of carbonyl (C=O) groups excluding carboxylic acids is 1. The van der Waals surface area contributed by atoms with Gasteiger partial charge in [-0.3, -0.25) is 4.79 Å². The van der Waals surface area contributed by atoms with Crippen molar-refractivity contribution in [2.45, 2.75) is 19.8 Å². The third-order valence-electron chi connectivity index (χ3n) is 3.63. The van der Waals surface area contributed by atoms with Crippen LogP contribution in [-0.4, -0.2) is 48.5 Å². The van der Waals surface area contributed by atoms with E-state index in [4.69, 9.17) is 0 Å². The van der Waals surface area contributed by atoms with E-state index in [9.17, 15) is 4.79 Å². The van der Waals surface area contributed by atoms with Crippen LogP contribution in [0.2, 0.25) is 0 Å². The molecule has 0 bridgehead atoms. The summed E-state index contributed by atoms with van der Waals surface area (Å²) in [5.74, 6) is 1.71. The molecule has 1 saturated heterocycles. The summed E-state index contributed by atoms with van der Waals surface area (Å²) in [6, 6.07) is 5.93. The molecule has 1 atom stereocenters. The zero-order chi connectivity index (χ0) is 14.2. The molecule has 1 fully saturated rings. The van der Waals surface area contributed by atoms with Gasteiger partial charge in [-0.05, 0) is 44.0 Å². The summed E-state index contributed by atoms with van der Waals surface area (Å²) >= 11 is 0. The van der Waals surface area contributed by atoms with Crippen LogP contribution >= 0.6 is 0 Å². The Labute approximate surface area is 120 Å². The van der Waals surface area contributed by atoms with E-state index >= 15 is 0 Å². The average Bonchev–Trinajstić information content (AvgIpc) is 2.90. The number of pyridine rings is 1. The van der Waals surface area contributed by atoms with Gasteiger partial charge < -0.3 is 15.5 Å². The summed E-state index contributed by atoms with van der Waals surface area (Å²) in [4.78, 5) is 17.5. The number of nitrogens with one attached hydrogen (secondary N) is 2. The van der Waals surface area contributed by atoms with Gasteiger partial charge in [0.15, 0.2) is 0 Å². The second kappa shape index (κ2) is 7.85. The molecular formula is C15H24N4O. The lowest BCUT2D eigenvalue weighted by molar-refractivity contribution is -0.118. The molecule has 1 aromatic rings. The Morgan fingerprint density at radius 1 is 1.50 bits per heavy atom. The van der Waals surface area contributed by atoms with Crippen molar-refractivity contribution in [2.75, 3.05) is 38.0 Å². The van der Waals surface area contributed by atoms with Gasteiger partial charge in [-0.1, -0.05) is 6.07 Å². The van der Waals surface area contributed by atoms with E-state index in [0.29, 0.717) is 5.92 Å². The molecule has 1 unspecified atom stereocenters. The van der Waals surface area contributed by atoms with Gasteiger partial charge in [-0.25, -0.2) is 4.98 Å². The summed E-state index contributed by atoms with van der Waals surface area (Å²) in [5.41, 5.74) is 0. The van der Waals surface area contributed by atoms with Crippen LogP contribution in [0.25, 0.3) is 0 Å². The molecular weight excluding hydrogens is 252 g/mol. The molecule has 2 rings (SSSR count). The van der Waals surface area contributed by atoms with Crippen LogP contribution in [0.1, 0.15) is 19.8 Å². The van der Waals surface area contributed by atoms with E-state index in [1.165, 1.54) is 6.42 Å². The normalized spacial score (nSPS) is 18.9. The summed E-state index contributed by atoms with van der Waals surface area (Å²) in [6.45, 7) is 6.70. The second-order valence-corrected chi connectivity index (χ2v) is 5.39. The fourth-order valence-electron chi connectivity index (χ4n) is 2.57. The standard InChI is InChI=1S/C15H24N4O/c1-13(20)16-8-4-9-19-10-6-14(12-19)11-18-15-5-2-3-7-17-15/h2-3,5,7,14H,4,6,8-12H2,1H3,(H,16,20)(H,17,18). The molecule has 5 nitrogen and oxygen atoms in total. The topological polar surface area (TPSA) is 57.3 Å². The summed E-state index contributed by atoms with van der Waals surface area (Å²) in [7, 11) is 0. The van der Waals surface area contributed by atoms with Crippen molar-refractivity contribution in [3.05, 3.63) is 24.4 Å². The van der Waals surface area contributed by atoms with Crippen molar-refractivity contribution in [1.29, 1.82) is 0 Å². The predicted octanol–water partition coefficient (Wildman–Crippen LogP) is 1.34. The summed E-state index contributed by atoms with van der Waals surface area (Å²) in [6.07, 6.45) is 4.07. The number of amides is 1. The molecule has 1 amide bonds. The number of hydrogen-bond acceptors (Lipinski definition) is 4. The van der Waals surface area contributed by atoms with Crippen molar-refractivity contribution in [3.63, 3.8) is 0 Å². The van der Waals surface area contributed by atoms with Gasteiger partial charge in [-0.2, -0.15) is 0 Å². The molecule has 2 heterocycles. The highest BCUT2D eigenvalue weighted by atomic mass is 16.1. The third-order valence-corrected chi connectivity index (χ3v) is 3.63. The SMILES string of the molecule is CC(=O)NCCCN1CCC(CNc2ccccn2)C1. The molecule has 0 radical (unpaired) electrons. The molecule has 110 valence electrons. The van der Waals surface area contributed by atoms with Crippen molar-refractivity contribution in [1.82, 2.24) is 15.2 Å². The number of aromatic nitrogens is 1. The molecule has 0 saturated carbocycles. The Bertz CT molecular complexity index is 410. The van der Waals surface area contributed by atoms with Gasteiger partial charge in [0.1, 0.15) is 5.82 Å². The van der Waals surface area contributed by atoms with E-state index in [1.54, 1.807) is 6.92 Å². The fraction of sp³-hybridized carbons (Fsp3) is 0.600. The van der Waals surface area contributed by atoms with Crippen LogP contribution in [0.4, 0.5) is 5.82 Å². The monoisotopic (exact) mass is 276 g/mol. The zero-order valence-electron chi connectivity index (χ0n) is 12.1. The first-order chi connectivity index (χ1) is 9.74. The molecule has 0 aliphatic carbocycles. The molecule has 2 N–H and O–H groups in total. The van der Waals surface area contributed by atoms with Crippen LogP contribution < -0.4 is 10.6 Å². The Hall–Kier alpha value is -1.62. The van der Waals surface area contributed by atoms with Gasteiger partial charge in [0, 0.05) is 32.8 Å². The third kappa shape index (κ3) is 5.17. The van der Waals surface area contributed by atoms with Gasteiger partial charge in [0.2, 0.25) is 5.91 Å². The lowest BCUT2D eigenvalue weighted by Crippen LogP contribution is -2.28. The number of likely N-dealkylation sites (tertiary alicyclic amines) is 1. The minimum absolute atomic E-state index is 0.0591. The van der Waals surface area contributed by atoms with Gasteiger partial charge in [0.25, 0.3) is 0 Å². The van der Waals surface area contributed by atoms with Crippen LogP contribution in [0.5, 0.6) is 0 Å². The van der Waals surface area contributed by atoms with E-state index in [2.05, 4.69) is 20.5 Å². The first kappa shape index (κ1) is 14.8. The van der Waals surface area contributed by atoms with Crippen molar-refractivity contribution >= 4 is 11.7 Å². The van der Waals surface area contributed by atoms with Crippen molar-refractivity contribution in [3.8, 4) is 0 Å². The number of rotatable bonds is 7. The van der Waals surface area contributed by atoms with Crippen LogP contribution in [0.3, 0.4) is 0 Å². The molecule has 0 aromatic carbocycles. The van der Waals surface area contributed by atoms with Crippen molar-refractivity contribution in [2.24, 2.45) is 5.92 Å². The molecule has 20 heavy (non-hydrogen) atoms. The number of hydrogen-bond donors (Lipinski definition) is 2. The minimum atomic E-state index is 0.0591. The Morgan fingerprint density at radius 2 is 2.40 bits per heavy atom. The average molecular weight is 276 g/mol. The number of anilines is 1. The Kier molecular flexibility index (Phi) is 5.80. The lowest BCUT2D eigenvalue weighted by Gasteiger charge is -2.16. The molecule has 0 spiro atoms. The second-order valence-electron chi connectivity index (χ2n) is 5.39. The van der Waals surface area contributed by atoms with Crippen LogP contribution in [-0.2, 0) is 4.79 Å². The molecule has 1 aliphatic heterocycles. The Balaban J connectivity index is 1.59. The van der Waals surface area contributed by atoms with Crippen LogP contribution in [0, 0.1) is 5.92 Å². The summed E-state index contributed by atoms with van der Waals surface area (Å²) < 4.78 is 0. The van der Waals surface area contributed by atoms with E-state index in [-0.39, 0.29) is 5.91 Å². The van der Waals surface area contributed by atoms with Gasteiger partial charge >= 0.3 is 0 Å². The van der Waals surface area contributed by atoms with Crippen LogP contribution in [0.15, 0.2) is 24.4 Å². The predicted molar refractivity (Wildman–Crippen MR) is 80.6 cm³/mol. The quantitative estimate of drug-likeness (QED) is 0.738. The zero-order valence-corrected chi connectivity index (χ0v) is 12.1. The first-order valence-corrected chi connectivity index (χ1v) is 7.36. The minimum Gasteiger partial charge on any atom is -0.370 e. The number of nitrogens with zero attached hydrogens (tertiary/aromatic N) is 2. The molecule has 1 aliphatic rings.